The van der Waals surface area contributed by atoms with Crippen LogP contribution in [0.5, 0.6) is 0 Å². The Morgan fingerprint density at radius 3 is 3.50 bits per heavy atom. The largest absolute Gasteiger partial charge is 0.383 e. The Labute approximate surface area is 46.8 Å². The standard InChI is InChI=1S/C5H5N3/c1-4-5(2-6-1)8-3-7-4/h1,3,6H,2H2. The van der Waals surface area contributed by atoms with Crippen LogP contribution in [-0.4, -0.2) is 18.6 Å². The van der Waals surface area contributed by atoms with E-state index in [-0.39, 0.29) is 0 Å². The van der Waals surface area contributed by atoms with E-state index in [2.05, 4.69) is 15.3 Å². The third-order valence-electron chi connectivity index (χ3n) is 1.21. The van der Waals surface area contributed by atoms with Gasteiger partial charge >= 0.3 is 0 Å². The van der Waals surface area contributed by atoms with Gasteiger partial charge in [0.05, 0.1) is 12.3 Å². The second-order valence-electron chi connectivity index (χ2n) is 1.73. The quantitative estimate of drug-likeness (QED) is 0.461. The summed E-state index contributed by atoms with van der Waals surface area (Å²) in [5.74, 6) is 0. The van der Waals surface area contributed by atoms with Gasteiger partial charge in [-0.1, -0.05) is 0 Å². The fourth-order valence-electron chi connectivity index (χ4n) is 0.803. The molecule has 1 N–H and O–H groups in total. The van der Waals surface area contributed by atoms with Gasteiger partial charge in [-0.05, 0) is 0 Å². The lowest BCUT2D eigenvalue weighted by Gasteiger charge is -1.84. The van der Waals surface area contributed by atoms with E-state index in [0.717, 1.165) is 18.0 Å². The van der Waals surface area contributed by atoms with Crippen molar-refractivity contribution in [3.63, 3.8) is 0 Å². The van der Waals surface area contributed by atoms with Crippen LogP contribution in [-0.2, 0) is 0 Å². The number of nitrogens with zero attached hydrogens (tertiary/aromatic N) is 2. The van der Waals surface area contributed by atoms with E-state index in [9.17, 15) is 0 Å². The van der Waals surface area contributed by atoms with E-state index in [1.54, 1.807) is 6.34 Å². The summed E-state index contributed by atoms with van der Waals surface area (Å²) >= 11 is 0. The van der Waals surface area contributed by atoms with Crippen LogP contribution in [0.1, 0.15) is 0 Å². The van der Waals surface area contributed by atoms with Crippen molar-refractivity contribution in [2.75, 3.05) is 6.54 Å². The van der Waals surface area contributed by atoms with Crippen molar-refractivity contribution >= 4 is 12.1 Å². The molecule has 0 amide bonds. The van der Waals surface area contributed by atoms with Crippen LogP contribution in [0.25, 0.3) is 0 Å². The van der Waals surface area contributed by atoms with Crippen LogP contribution in [0.3, 0.4) is 0 Å². The predicted molar refractivity (Wildman–Crippen MR) is 32.0 cm³/mol. The summed E-state index contributed by atoms with van der Waals surface area (Å²) in [6.07, 6.45) is 3.46. The van der Waals surface area contributed by atoms with E-state index >= 15 is 0 Å². The first-order valence-corrected chi connectivity index (χ1v) is 2.50. The molecule has 2 aliphatic heterocycles. The molecular weight excluding hydrogens is 102 g/mol. The zero-order valence-corrected chi connectivity index (χ0v) is 4.26. The molecule has 0 fully saturated rings. The highest BCUT2D eigenvalue weighted by Gasteiger charge is 2.13. The van der Waals surface area contributed by atoms with Gasteiger partial charge in [-0.25, -0.2) is 9.98 Å². The molecule has 3 heteroatoms. The number of fused-ring (bicyclic) bond motifs is 1. The molecule has 2 aliphatic rings. The summed E-state index contributed by atoms with van der Waals surface area (Å²) in [6.45, 7) is 0.843. The van der Waals surface area contributed by atoms with E-state index in [0.29, 0.717) is 0 Å². The Balaban J connectivity index is 2.49. The van der Waals surface area contributed by atoms with Gasteiger partial charge in [0.2, 0.25) is 0 Å². The highest BCUT2D eigenvalue weighted by Crippen LogP contribution is 2.08. The second kappa shape index (κ2) is 1.18. The van der Waals surface area contributed by atoms with Crippen LogP contribution in [0.2, 0.25) is 0 Å². The number of hydrogen-bond donors (Lipinski definition) is 1. The highest BCUT2D eigenvalue weighted by molar-refractivity contribution is 6.10. The Hall–Kier alpha value is -1.12. The van der Waals surface area contributed by atoms with E-state index in [1.807, 2.05) is 6.20 Å². The van der Waals surface area contributed by atoms with Gasteiger partial charge in [0.15, 0.2) is 0 Å². The molecule has 3 nitrogen and oxygen atoms in total. The minimum absolute atomic E-state index is 0.843. The number of rotatable bonds is 0. The van der Waals surface area contributed by atoms with Crippen molar-refractivity contribution in [1.82, 2.24) is 5.32 Å². The van der Waals surface area contributed by atoms with Gasteiger partial charge in [-0.15, -0.1) is 0 Å². The molecule has 40 valence electrons. The summed E-state index contributed by atoms with van der Waals surface area (Å²) in [6, 6.07) is 0. The Bertz CT molecular complexity index is 200. The fraction of sp³-hybridized carbons (Fsp3) is 0.200. The molecule has 0 aromatic carbocycles. The maximum Gasteiger partial charge on any atom is 0.116 e. The molecule has 0 atom stereocenters. The summed E-state index contributed by atoms with van der Waals surface area (Å²) in [4.78, 5) is 7.96. The molecule has 0 aromatic rings. The topological polar surface area (TPSA) is 36.8 Å². The van der Waals surface area contributed by atoms with Gasteiger partial charge < -0.3 is 5.32 Å². The van der Waals surface area contributed by atoms with Crippen molar-refractivity contribution in [2.24, 2.45) is 9.98 Å². The predicted octanol–water partition coefficient (Wildman–Crippen LogP) is -0.0861. The molecule has 0 saturated carbocycles. The van der Waals surface area contributed by atoms with Crippen LogP contribution < -0.4 is 5.32 Å². The number of aliphatic imine (C=N–C) groups is 2. The minimum atomic E-state index is 0.843. The minimum Gasteiger partial charge on any atom is -0.383 e. The molecule has 8 heavy (non-hydrogen) atoms. The van der Waals surface area contributed by atoms with Crippen LogP contribution in [0.15, 0.2) is 21.9 Å². The van der Waals surface area contributed by atoms with Crippen LogP contribution in [0.4, 0.5) is 0 Å². The maximum atomic E-state index is 3.99. The van der Waals surface area contributed by atoms with E-state index in [4.69, 9.17) is 0 Å². The maximum absolute atomic E-state index is 3.99. The van der Waals surface area contributed by atoms with Gasteiger partial charge in [0.1, 0.15) is 12.0 Å². The zero-order chi connectivity index (χ0) is 5.40. The SMILES string of the molecule is C1=NC2=CNCC2=N1. The molecular formula is C5H5N3. The molecule has 0 aliphatic carbocycles. The lowest BCUT2D eigenvalue weighted by molar-refractivity contribution is 1.05. The summed E-state index contributed by atoms with van der Waals surface area (Å²) in [7, 11) is 0. The normalized spacial score (nSPS) is 22.0. The molecule has 0 aromatic heterocycles. The first-order valence-electron chi connectivity index (χ1n) is 2.50. The molecule has 2 heterocycles. The van der Waals surface area contributed by atoms with Crippen molar-refractivity contribution < 1.29 is 0 Å². The monoisotopic (exact) mass is 107 g/mol. The van der Waals surface area contributed by atoms with Crippen LogP contribution in [0, 0.1) is 0 Å². The highest BCUT2D eigenvalue weighted by atomic mass is 15.0. The van der Waals surface area contributed by atoms with Gasteiger partial charge in [0, 0.05) is 6.20 Å². The zero-order valence-electron chi connectivity index (χ0n) is 4.26. The Morgan fingerprint density at radius 1 is 1.62 bits per heavy atom. The fourth-order valence-corrected chi connectivity index (χ4v) is 0.803. The Kier molecular flexibility index (Phi) is 0.566. The third-order valence-corrected chi connectivity index (χ3v) is 1.21. The molecule has 0 spiro atoms. The lowest BCUT2D eigenvalue weighted by atomic mass is 10.3. The number of nitrogens with one attached hydrogen (secondary N) is 1. The van der Waals surface area contributed by atoms with Gasteiger partial charge in [-0.3, -0.25) is 0 Å². The van der Waals surface area contributed by atoms with Crippen molar-refractivity contribution in [3.05, 3.63) is 11.9 Å². The molecule has 0 radical (unpaired) electrons. The number of hydrogen-bond acceptors (Lipinski definition) is 3. The first kappa shape index (κ1) is 3.83. The lowest BCUT2D eigenvalue weighted by Crippen LogP contribution is -2.07. The van der Waals surface area contributed by atoms with Crippen molar-refractivity contribution in [1.29, 1.82) is 0 Å². The molecule has 0 unspecified atom stereocenters. The van der Waals surface area contributed by atoms with Crippen LogP contribution >= 0.6 is 0 Å². The summed E-state index contributed by atoms with van der Waals surface area (Å²) in [5.41, 5.74) is 2.05. The van der Waals surface area contributed by atoms with Gasteiger partial charge in [0.25, 0.3) is 0 Å². The molecule has 2 rings (SSSR count). The van der Waals surface area contributed by atoms with Crippen molar-refractivity contribution in [3.8, 4) is 0 Å². The molecule has 0 saturated heterocycles. The smallest absolute Gasteiger partial charge is 0.116 e. The summed E-state index contributed by atoms with van der Waals surface area (Å²) < 4.78 is 0. The van der Waals surface area contributed by atoms with Crippen molar-refractivity contribution in [2.45, 2.75) is 0 Å². The van der Waals surface area contributed by atoms with E-state index in [1.165, 1.54) is 0 Å². The van der Waals surface area contributed by atoms with E-state index < -0.39 is 0 Å². The third kappa shape index (κ3) is 0.332. The average molecular weight is 107 g/mol. The van der Waals surface area contributed by atoms with Gasteiger partial charge in [-0.2, -0.15) is 0 Å². The molecule has 0 bridgehead atoms. The first-order chi connectivity index (χ1) is 3.97. The summed E-state index contributed by atoms with van der Waals surface area (Å²) in [5, 5.41) is 3.02. The Morgan fingerprint density at radius 2 is 2.62 bits per heavy atom. The second-order valence-corrected chi connectivity index (χ2v) is 1.73. The average Bonchev–Trinajstić information content (AvgIpc) is 2.15.